The van der Waals surface area contributed by atoms with Crippen molar-refractivity contribution in [2.24, 2.45) is 0 Å². The fourth-order valence-corrected chi connectivity index (χ4v) is 5.43. The summed E-state index contributed by atoms with van der Waals surface area (Å²) in [6.07, 6.45) is 0.373. The lowest BCUT2D eigenvalue weighted by atomic mass is 10.1. The third-order valence-corrected chi connectivity index (χ3v) is 7.59. The minimum absolute atomic E-state index is 0.178. The smallest absolute Gasteiger partial charge is 0.335 e. The van der Waals surface area contributed by atoms with Gasteiger partial charge in [0.05, 0.1) is 41.6 Å². The Morgan fingerprint density at radius 3 is 2.65 bits per heavy atom. The molecule has 6 rings (SSSR count). The molecule has 0 spiro atoms. The van der Waals surface area contributed by atoms with E-state index in [0.717, 1.165) is 5.56 Å². The van der Waals surface area contributed by atoms with Gasteiger partial charge in [-0.3, -0.25) is 0 Å². The van der Waals surface area contributed by atoms with Crippen LogP contribution in [-0.4, -0.2) is 46.4 Å². The van der Waals surface area contributed by atoms with Crippen LogP contribution < -0.4 is 14.2 Å². The molecule has 1 aliphatic rings. The van der Waals surface area contributed by atoms with Crippen molar-refractivity contribution in [2.75, 3.05) is 20.8 Å². The first-order chi connectivity index (χ1) is 20.7. The summed E-state index contributed by atoms with van der Waals surface area (Å²) in [6.45, 7) is 2.55. The van der Waals surface area contributed by atoms with E-state index in [2.05, 4.69) is 0 Å². The van der Waals surface area contributed by atoms with Crippen molar-refractivity contribution in [1.82, 2.24) is 14.5 Å². The van der Waals surface area contributed by atoms with Crippen molar-refractivity contribution in [3.8, 4) is 28.6 Å². The highest BCUT2D eigenvalue weighted by atomic mass is 35.5. The number of imidazole rings is 1. The molecule has 3 aromatic carbocycles. The standard InChI is InChI=1S/C32H27ClFN3O6/c1-32(22-10-9-20(33)17-23(22)34)42-27-6-4-5-21(29(27)43-32)24-11-7-18(30(36-24)41-3)16-28-35-25-12-8-19(31(38)39)15-26(25)37(28)13-14-40-2/h4-12,15,17H,13-14,16H2,1-3H3,(H,38,39). The Balaban J connectivity index is 1.34. The lowest BCUT2D eigenvalue weighted by molar-refractivity contribution is -0.0705. The van der Waals surface area contributed by atoms with E-state index in [0.29, 0.717) is 65.1 Å². The number of pyridine rings is 1. The quantitative estimate of drug-likeness (QED) is 0.204. The van der Waals surface area contributed by atoms with Crippen molar-refractivity contribution >= 4 is 28.6 Å². The minimum atomic E-state index is -1.40. The van der Waals surface area contributed by atoms with Gasteiger partial charge in [-0.1, -0.05) is 23.7 Å². The Morgan fingerprint density at radius 1 is 1.07 bits per heavy atom. The van der Waals surface area contributed by atoms with Crippen LogP contribution in [0.25, 0.3) is 22.3 Å². The molecule has 220 valence electrons. The number of nitrogens with zero attached hydrogens (tertiary/aromatic N) is 3. The summed E-state index contributed by atoms with van der Waals surface area (Å²) in [6, 6.07) is 18.4. The maximum atomic E-state index is 14.8. The zero-order valence-corrected chi connectivity index (χ0v) is 24.3. The molecule has 43 heavy (non-hydrogen) atoms. The third kappa shape index (κ3) is 5.24. The number of para-hydroxylation sites is 1. The van der Waals surface area contributed by atoms with E-state index in [4.69, 9.17) is 40.5 Å². The van der Waals surface area contributed by atoms with Crippen LogP contribution in [0.2, 0.25) is 5.02 Å². The van der Waals surface area contributed by atoms with Gasteiger partial charge in [-0.2, -0.15) is 0 Å². The molecule has 0 saturated heterocycles. The third-order valence-electron chi connectivity index (χ3n) is 7.35. The maximum absolute atomic E-state index is 14.8. The molecule has 1 unspecified atom stereocenters. The van der Waals surface area contributed by atoms with Crippen LogP contribution in [-0.2, 0) is 23.5 Å². The van der Waals surface area contributed by atoms with Gasteiger partial charge in [0.1, 0.15) is 11.6 Å². The summed E-state index contributed by atoms with van der Waals surface area (Å²) in [5, 5.41) is 9.77. The van der Waals surface area contributed by atoms with Gasteiger partial charge in [0.25, 0.3) is 5.79 Å². The van der Waals surface area contributed by atoms with Gasteiger partial charge in [0, 0.05) is 43.1 Å². The average Bonchev–Trinajstić information content (AvgIpc) is 3.52. The second-order valence-corrected chi connectivity index (χ2v) is 10.6. The number of hydrogen-bond donors (Lipinski definition) is 1. The first-order valence-electron chi connectivity index (χ1n) is 13.4. The van der Waals surface area contributed by atoms with E-state index in [1.54, 1.807) is 44.4 Å². The monoisotopic (exact) mass is 603 g/mol. The van der Waals surface area contributed by atoms with Crippen molar-refractivity contribution < 1.29 is 33.2 Å². The fourth-order valence-electron chi connectivity index (χ4n) is 5.27. The van der Waals surface area contributed by atoms with E-state index < -0.39 is 17.6 Å². The van der Waals surface area contributed by atoms with E-state index in [1.165, 1.54) is 19.2 Å². The number of benzene rings is 3. The van der Waals surface area contributed by atoms with Crippen LogP contribution in [0.5, 0.6) is 17.4 Å². The molecule has 2 aromatic heterocycles. The summed E-state index contributed by atoms with van der Waals surface area (Å²) >= 11 is 5.95. The molecule has 0 bridgehead atoms. The number of aromatic nitrogens is 3. The highest BCUT2D eigenvalue weighted by Gasteiger charge is 2.42. The first-order valence-corrected chi connectivity index (χ1v) is 13.8. The molecule has 9 nitrogen and oxygen atoms in total. The summed E-state index contributed by atoms with van der Waals surface area (Å²) in [5.41, 5.74) is 3.76. The Labute approximate surface area is 251 Å². The normalized spacial score (nSPS) is 15.7. The summed E-state index contributed by atoms with van der Waals surface area (Å²) in [5.74, 6) is -0.977. The number of methoxy groups -OCH3 is 2. The zero-order valence-electron chi connectivity index (χ0n) is 23.6. The van der Waals surface area contributed by atoms with Crippen LogP contribution in [0.15, 0.2) is 66.7 Å². The molecule has 0 radical (unpaired) electrons. The number of halogens is 2. The highest BCUT2D eigenvalue weighted by Crippen LogP contribution is 2.49. The minimum Gasteiger partial charge on any atom is -0.481 e. The number of ether oxygens (including phenoxy) is 4. The molecular formula is C32H27ClFN3O6. The largest absolute Gasteiger partial charge is 0.481 e. The number of hydrogen-bond acceptors (Lipinski definition) is 7. The predicted octanol–water partition coefficient (Wildman–Crippen LogP) is 6.48. The second kappa shape index (κ2) is 11.2. The maximum Gasteiger partial charge on any atom is 0.335 e. The van der Waals surface area contributed by atoms with Crippen LogP contribution in [0.4, 0.5) is 4.39 Å². The molecule has 0 aliphatic carbocycles. The van der Waals surface area contributed by atoms with Gasteiger partial charge >= 0.3 is 5.97 Å². The lowest BCUT2D eigenvalue weighted by Gasteiger charge is -2.24. The Kier molecular flexibility index (Phi) is 7.41. The van der Waals surface area contributed by atoms with Crippen LogP contribution in [0.3, 0.4) is 0 Å². The summed E-state index contributed by atoms with van der Waals surface area (Å²) in [4.78, 5) is 21.1. The highest BCUT2D eigenvalue weighted by molar-refractivity contribution is 6.30. The number of carboxylic acids is 1. The van der Waals surface area contributed by atoms with Gasteiger partial charge in [0.15, 0.2) is 11.5 Å². The average molecular weight is 604 g/mol. The van der Waals surface area contributed by atoms with Crippen LogP contribution in [0.1, 0.15) is 34.2 Å². The van der Waals surface area contributed by atoms with E-state index in [9.17, 15) is 14.3 Å². The molecule has 0 saturated carbocycles. The fraction of sp³-hybridized carbons (Fsp3) is 0.219. The van der Waals surface area contributed by atoms with E-state index in [1.807, 2.05) is 28.8 Å². The molecule has 1 N–H and O–H groups in total. The van der Waals surface area contributed by atoms with Gasteiger partial charge in [-0.25, -0.2) is 19.2 Å². The number of aromatic carboxylic acids is 1. The van der Waals surface area contributed by atoms with Gasteiger partial charge < -0.3 is 28.6 Å². The second-order valence-electron chi connectivity index (χ2n) is 10.1. The number of fused-ring (bicyclic) bond motifs is 2. The Bertz CT molecular complexity index is 1880. The predicted molar refractivity (Wildman–Crippen MR) is 158 cm³/mol. The van der Waals surface area contributed by atoms with E-state index in [-0.39, 0.29) is 16.1 Å². The van der Waals surface area contributed by atoms with Gasteiger partial charge in [-0.05, 0) is 54.6 Å². The van der Waals surface area contributed by atoms with Gasteiger partial charge in [0.2, 0.25) is 5.88 Å². The first kappa shape index (κ1) is 28.4. The molecule has 1 atom stereocenters. The Hall–Kier alpha value is -4.67. The number of rotatable bonds is 9. The van der Waals surface area contributed by atoms with Gasteiger partial charge in [-0.15, -0.1) is 0 Å². The van der Waals surface area contributed by atoms with Crippen LogP contribution in [0, 0.1) is 5.82 Å². The van der Waals surface area contributed by atoms with Crippen LogP contribution >= 0.6 is 11.6 Å². The lowest BCUT2D eigenvalue weighted by Crippen LogP contribution is -2.32. The molecule has 0 amide bonds. The molecule has 5 aromatic rings. The van der Waals surface area contributed by atoms with Crippen molar-refractivity contribution in [3.63, 3.8) is 0 Å². The topological polar surface area (TPSA) is 105 Å². The molecule has 0 fully saturated rings. The summed E-state index contributed by atoms with van der Waals surface area (Å²) in [7, 11) is 3.15. The molecule has 1 aliphatic heterocycles. The van der Waals surface area contributed by atoms with Crippen molar-refractivity contribution in [2.45, 2.75) is 25.7 Å². The van der Waals surface area contributed by atoms with Crippen molar-refractivity contribution in [1.29, 1.82) is 0 Å². The SMILES string of the molecule is COCCn1c(Cc2ccc(-c3cccc4c3OC(C)(c3ccc(Cl)cc3F)O4)nc2OC)nc2ccc(C(=O)O)cc21. The number of carbonyl (C=O) groups is 1. The molecular weight excluding hydrogens is 577 g/mol. The van der Waals surface area contributed by atoms with Crippen molar-refractivity contribution in [3.05, 3.63) is 100 Å². The molecule has 3 heterocycles. The Morgan fingerprint density at radius 2 is 1.91 bits per heavy atom. The van der Waals surface area contributed by atoms with E-state index >= 15 is 0 Å². The zero-order chi connectivity index (χ0) is 30.3. The summed E-state index contributed by atoms with van der Waals surface area (Å²) < 4.78 is 40.1. The number of carboxylic acid groups (broad SMARTS) is 1. The molecule has 11 heteroatoms.